The van der Waals surface area contributed by atoms with Crippen LogP contribution in [0.3, 0.4) is 0 Å². The molecule has 2 aromatic heterocycles. The molecule has 0 fully saturated rings. The summed E-state index contributed by atoms with van der Waals surface area (Å²) in [6.07, 6.45) is 3.62. The number of hydrogen-bond acceptors (Lipinski definition) is 8. The minimum absolute atomic E-state index is 0.125. The van der Waals surface area contributed by atoms with Gasteiger partial charge in [0.15, 0.2) is 16.1 Å². The summed E-state index contributed by atoms with van der Waals surface area (Å²) < 4.78 is 5.21. The predicted octanol–water partition coefficient (Wildman–Crippen LogP) is 4.94. The van der Waals surface area contributed by atoms with Gasteiger partial charge in [0.25, 0.3) is 0 Å². The number of nitrogens with zero attached hydrogens (tertiary/aromatic N) is 5. The predicted molar refractivity (Wildman–Crippen MR) is 125 cm³/mol. The van der Waals surface area contributed by atoms with E-state index in [-0.39, 0.29) is 16.8 Å². The van der Waals surface area contributed by atoms with E-state index in [1.807, 2.05) is 61.5 Å². The number of ether oxygens (including phenoxy) is 1. The highest BCUT2D eigenvalue weighted by molar-refractivity contribution is 7.98. The molecule has 0 aliphatic carbocycles. The van der Waals surface area contributed by atoms with Crippen LogP contribution in [0.5, 0.6) is 5.75 Å². The van der Waals surface area contributed by atoms with Crippen molar-refractivity contribution in [2.24, 2.45) is 0 Å². The van der Waals surface area contributed by atoms with Crippen LogP contribution >= 0.6 is 23.4 Å². The van der Waals surface area contributed by atoms with Gasteiger partial charge in [0.05, 0.1) is 13.2 Å². The quantitative estimate of drug-likeness (QED) is 0.291. The summed E-state index contributed by atoms with van der Waals surface area (Å²) in [5.74, 6) is 2.07. The second-order valence-corrected chi connectivity index (χ2v) is 7.87. The van der Waals surface area contributed by atoms with Crippen LogP contribution in [-0.4, -0.2) is 35.4 Å². The van der Waals surface area contributed by atoms with Gasteiger partial charge in [0.1, 0.15) is 23.2 Å². The minimum Gasteiger partial charge on any atom is -0.497 e. The Hall–Kier alpha value is -3.02. The summed E-state index contributed by atoms with van der Waals surface area (Å²) in [5.41, 5.74) is 2.34. The molecule has 0 aliphatic rings. The number of pyridine rings is 1. The van der Waals surface area contributed by atoms with Crippen molar-refractivity contribution in [1.82, 2.24) is 15.0 Å². The molecule has 0 radical (unpaired) electrons. The summed E-state index contributed by atoms with van der Waals surface area (Å²) in [6.45, 7) is 2.65. The van der Waals surface area contributed by atoms with E-state index in [2.05, 4.69) is 26.3 Å². The van der Waals surface area contributed by atoms with Crippen LogP contribution in [0.2, 0.25) is 5.15 Å². The first-order valence-corrected chi connectivity index (χ1v) is 11.1. The molecule has 9 heteroatoms. The van der Waals surface area contributed by atoms with Gasteiger partial charge in [0, 0.05) is 25.4 Å². The molecular formula is C22H23ClN6OS. The molecule has 0 amide bonds. The van der Waals surface area contributed by atoms with E-state index in [4.69, 9.17) is 16.3 Å². The third-order valence-electron chi connectivity index (χ3n) is 4.94. The van der Waals surface area contributed by atoms with E-state index in [0.717, 1.165) is 22.7 Å². The van der Waals surface area contributed by atoms with Crippen LogP contribution in [0.25, 0.3) is 0 Å². The molecule has 31 heavy (non-hydrogen) atoms. The van der Waals surface area contributed by atoms with Crippen molar-refractivity contribution in [3.8, 4) is 11.8 Å². The Morgan fingerprint density at radius 2 is 2.00 bits per heavy atom. The number of methoxy groups -OCH3 is 1. The Morgan fingerprint density at radius 3 is 2.65 bits per heavy atom. The highest BCUT2D eigenvalue weighted by Crippen LogP contribution is 2.33. The Balaban J connectivity index is 1.86. The minimum atomic E-state index is -0.125. The number of nitrogens with one attached hydrogen (secondary N) is 1. The lowest BCUT2D eigenvalue weighted by molar-refractivity contribution is 0.414. The second kappa shape index (κ2) is 10.3. The van der Waals surface area contributed by atoms with Gasteiger partial charge in [-0.15, -0.1) is 0 Å². The largest absolute Gasteiger partial charge is 0.497 e. The van der Waals surface area contributed by atoms with Gasteiger partial charge in [-0.2, -0.15) is 5.26 Å². The normalized spacial score (nSPS) is 11.5. The maximum atomic E-state index is 9.58. The van der Waals surface area contributed by atoms with Crippen molar-refractivity contribution in [2.75, 3.05) is 30.6 Å². The monoisotopic (exact) mass is 454 g/mol. The number of aromatic nitrogens is 3. The van der Waals surface area contributed by atoms with Crippen LogP contribution in [0.1, 0.15) is 29.7 Å². The van der Waals surface area contributed by atoms with E-state index >= 15 is 0 Å². The van der Waals surface area contributed by atoms with Gasteiger partial charge in [0.2, 0.25) is 0 Å². The number of nitriles is 1. The summed E-state index contributed by atoms with van der Waals surface area (Å²) in [6, 6.07) is 13.8. The van der Waals surface area contributed by atoms with Gasteiger partial charge in [-0.05, 0) is 36.9 Å². The maximum absolute atomic E-state index is 9.58. The molecule has 1 atom stereocenters. The Kier molecular flexibility index (Phi) is 7.55. The first-order chi connectivity index (χ1) is 15.0. The molecule has 0 unspecified atom stereocenters. The fraction of sp³-hybridized carbons (Fsp3) is 0.273. The van der Waals surface area contributed by atoms with Crippen molar-refractivity contribution in [1.29, 1.82) is 5.26 Å². The Morgan fingerprint density at radius 1 is 1.26 bits per heavy atom. The number of thioether (sulfide) groups is 1. The standard InChI is InChI=1S/C22H23ClN6OS/c1-14(29(2)21-18(12-24)19(23)27-22(28-21)31-4)17-6-5-11-25-20(17)26-13-15-7-9-16(30-3)10-8-15/h5-11,14H,13H2,1-4H3,(H,25,26)/t14-/m1/s1. The molecule has 0 saturated carbocycles. The molecule has 0 bridgehead atoms. The number of halogens is 1. The summed E-state index contributed by atoms with van der Waals surface area (Å²) >= 11 is 7.61. The molecule has 0 spiro atoms. The molecule has 7 nitrogen and oxygen atoms in total. The second-order valence-electron chi connectivity index (χ2n) is 6.74. The lowest BCUT2D eigenvalue weighted by Crippen LogP contribution is -2.25. The molecule has 3 rings (SSSR count). The molecule has 2 heterocycles. The molecule has 1 N–H and O–H groups in total. The van der Waals surface area contributed by atoms with Crippen molar-refractivity contribution < 1.29 is 4.74 Å². The van der Waals surface area contributed by atoms with Crippen molar-refractivity contribution in [3.63, 3.8) is 0 Å². The van der Waals surface area contributed by atoms with Gasteiger partial charge < -0.3 is 15.0 Å². The van der Waals surface area contributed by atoms with Crippen LogP contribution in [0.15, 0.2) is 47.8 Å². The Bertz CT molecular complexity index is 1090. The van der Waals surface area contributed by atoms with E-state index in [0.29, 0.717) is 17.5 Å². The van der Waals surface area contributed by atoms with E-state index in [1.165, 1.54) is 11.8 Å². The molecular weight excluding hydrogens is 432 g/mol. The van der Waals surface area contributed by atoms with Crippen molar-refractivity contribution in [2.45, 2.75) is 24.7 Å². The Labute approximate surface area is 191 Å². The fourth-order valence-electron chi connectivity index (χ4n) is 3.07. The number of rotatable bonds is 8. The first-order valence-electron chi connectivity index (χ1n) is 9.54. The number of hydrogen-bond donors (Lipinski definition) is 1. The van der Waals surface area contributed by atoms with E-state index < -0.39 is 0 Å². The van der Waals surface area contributed by atoms with Gasteiger partial charge in [-0.25, -0.2) is 15.0 Å². The third kappa shape index (κ3) is 5.19. The van der Waals surface area contributed by atoms with Crippen molar-refractivity contribution in [3.05, 3.63) is 64.4 Å². The summed E-state index contributed by atoms with van der Waals surface area (Å²) in [7, 11) is 3.53. The average molecular weight is 455 g/mol. The first kappa shape index (κ1) is 22.7. The highest BCUT2D eigenvalue weighted by Gasteiger charge is 2.23. The van der Waals surface area contributed by atoms with Gasteiger partial charge in [-0.3, -0.25) is 0 Å². The van der Waals surface area contributed by atoms with E-state index in [1.54, 1.807) is 13.3 Å². The molecule has 0 saturated heterocycles. The number of anilines is 2. The van der Waals surface area contributed by atoms with Crippen LogP contribution in [0.4, 0.5) is 11.6 Å². The lowest BCUT2D eigenvalue weighted by atomic mass is 10.1. The smallest absolute Gasteiger partial charge is 0.190 e. The van der Waals surface area contributed by atoms with Gasteiger partial charge >= 0.3 is 0 Å². The SMILES string of the molecule is COc1ccc(CNc2ncccc2[C@@H](C)N(C)c2nc(SC)nc(Cl)c2C#N)cc1. The molecule has 3 aromatic rings. The zero-order valence-electron chi connectivity index (χ0n) is 17.8. The van der Waals surface area contributed by atoms with Crippen LogP contribution in [-0.2, 0) is 6.54 Å². The number of benzene rings is 1. The third-order valence-corrected chi connectivity index (χ3v) is 5.76. The van der Waals surface area contributed by atoms with Crippen molar-refractivity contribution >= 4 is 35.0 Å². The van der Waals surface area contributed by atoms with Crippen LogP contribution < -0.4 is 15.0 Å². The summed E-state index contributed by atoms with van der Waals surface area (Å²) in [5, 5.41) is 13.7. The topological polar surface area (TPSA) is 87.0 Å². The maximum Gasteiger partial charge on any atom is 0.190 e. The average Bonchev–Trinajstić information content (AvgIpc) is 2.81. The van der Waals surface area contributed by atoms with E-state index in [9.17, 15) is 5.26 Å². The molecule has 160 valence electrons. The zero-order chi connectivity index (χ0) is 22.4. The summed E-state index contributed by atoms with van der Waals surface area (Å²) in [4.78, 5) is 15.1. The molecule has 1 aromatic carbocycles. The van der Waals surface area contributed by atoms with Crippen LogP contribution in [0, 0.1) is 11.3 Å². The lowest BCUT2D eigenvalue weighted by Gasteiger charge is -2.28. The van der Waals surface area contributed by atoms with Gasteiger partial charge in [-0.1, -0.05) is 41.6 Å². The molecule has 0 aliphatic heterocycles. The fourth-order valence-corrected chi connectivity index (χ4v) is 3.69. The zero-order valence-corrected chi connectivity index (χ0v) is 19.3. The highest BCUT2D eigenvalue weighted by atomic mass is 35.5.